The van der Waals surface area contributed by atoms with Crippen LogP contribution in [-0.2, 0) is 16.6 Å². The normalized spacial score (nSPS) is 17.5. The SMILES string of the molecule is CC(C)c1cc(C(=O)NC2(CC(=O)O)CCOCC2)n(C)n1. The molecule has 1 aromatic heterocycles. The fourth-order valence-electron chi connectivity index (χ4n) is 2.69. The van der Waals surface area contributed by atoms with Crippen molar-refractivity contribution in [2.24, 2.45) is 7.05 Å². The van der Waals surface area contributed by atoms with Gasteiger partial charge in [0.25, 0.3) is 5.91 Å². The van der Waals surface area contributed by atoms with E-state index in [4.69, 9.17) is 9.84 Å². The Morgan fingerprint density at radius 2 is 2.09 bits per heavy atom. The molecule has 2 heterocycles. The predicted octanol–water partition coefficient (Wildman–Crippen LogP) is 1.30. The lowest BCUT2D eigenvalue weighted by Crippen LogP contribution is -2.53. The Morgan fingerprint density at radius 1 is 1.45 bits per heavy atom. The highest BCUT2D eigenvalue weighted by atomic mass is 16.5. The molecule has 2 N–H and O–H groups in total. The third kappa shape index (κ3) is 3.65. The Kier molecular flexibility index (Phi) is 4.85. The van der Waals surface area contributed by atoms with Crippen molar-refractivity contribution in [3.05, 3.63) is 17.5 Å². The van der Waals surface area contributed by atoms with Crippen molar-refractivity contribution in [3.8, 4) is 0 Å². The first kappa shape index (κ1) is 16.5. The molecule has 2 rings (SSSR count). The molecule has 1 amide bonds. The average Bonchev–Trinajstić information content (AvgIpc) is 2.81. The lowest BCUT2D eigenvalue weighted by atomic mass is 9.86. The van der Waals surface area contributed by atoms with E-state index in [0.717, 1.165) is 5.69 Å². The minimum absolute atomic E-state index is 0.100. The van der Waals surface area contributed by atoms with Crippen LogP contribution in [-0.4, -0.2) is 45.5 Å². The summed E-state index contributed by atoms with van der Waals surface area (Å²) in [6, 6.07) is 1.76. The molecule has 22 heavy (non-hydrogen) atoms. The van der Waals surface area contributed by atoms with Gasteiger partial charge in [-0.15, -0.1) is 0 Å². The van der Waals surface area contributed by atoms with Crippen LogP contribution in [0, 0.1) is 0 Å². The van der Waals surface area contributed by atoms with Crippen LogP contribution in [0.1, 0.15) is 55.2 Å². The van der Waals surface area contributed by atoms with Crippen LogP contribution in [0.5, 0.6) is 0 Å². The zero-order valence-electron chi connectivity index (χ0n) is 13.3. The number of hydrogen-bond donors (Lipinski definition) is 2. The van der Waals surface area contributed by atoms with E-state index in [9.17, 15) is 9.59 Å². The summed E-state index contributed by atoms with van der Waals surface area (Å²) >= 11 is 0. The quantitative estimate of drug-likeness (QED) is 0.855. The maximum absolute atomic E-state index is 12.6. The zero-order valence-corrected chi connectivity index (χ0v) is 13.3. The van der Waals surface area contributed by atoms with Gasteiger partial charge in [0.1, 0.15) is 5.69 Å². The number of hydrogen-bond acceptors (Lipinski definition) is 4. The number of aliphatic carboxylic acids is 1. The predicted molar refractivity (Wildman–Crippen MR) is 79.8 cm³/mol. The molecule has 1 fully saturated rings. The van der Waals surface area contributed by atoms with Crippen molar-refractivity contribution in [3.63, 3.8) is 0 Å². The third-order valence-corrected chi connectivity index (χ3v) is 4.04. The number of carboxylic acid groups (broad SMARTS) is 1. The van der Waals surface area contributed by atoms with Crippen molar-refractivity contribution >= 4 is 11.9 Å². The second kappa shape index (κ2) is 6.48. The molecule has 0 spiro atoms. The molecular weight excluding hydrogens is 286 g/mol. The second-order valence-electron chi connectivity index (χ2n) is 6.15. The van der Waals surface area contributed by atoms with E-state index in [-0.39, 0.29) is 18.2 Å². The number of carbonyl (C=O) groups excluding carboxylic acids is 1. The van der Waals surface area contributed by atoms with Gasteiger partial charge >= 0.3 is 5.97 Å². The molecule has 122 valence electrons. The number of amides is 1. The van der Waals surface area contributed by atoms with Crippen LogP contribution in [0.25, 0.3) is 0 Å². The molecule has 0 saturated carbocycles. The lowest BCUT2D eigenvalue weighted by Gasteiger charge is -2.36. The van der Waals surface area contributed by atoms with Gasteiger partial charge in [-0.2, -0.15) is 5.10 Å². The van der Waals surface area contributed by atoms with Gasteiger partial charge in [0.15, 0.2) is 0 Å². The topological polar surface area (TPSA) is 93.5 Å². The maximum Gasteiger partial charge on any atom is 0.305 e. The molecule has 1 aliphatic heterocycles. The molecule has 0 unspecified atom stereocenters. The van der Waals surface area contributed by atoms with Crippen LogP contribution in [0.3, 0.4) is 0 Å². The van der Waals surface area contributed by atoms with Crippen LogP contribution >= 0.6 is 0 Å². The molecule has 7 heteroatoms. The van der Waals surface area contributed by atoms with E-state index in [1.807, 2.05) is 13.8 Å². The Hall–Kier alpha value is -1.89. The molecule has 7 nitrogen and oxygen atoms in total. The Labute approximate surface area is 129 Å². The fraction of sp³-hybridized carbons (Fsp3) is 0.667. The van der Waals surface area contributed by atoms with Gasteiger partial charge in [-0.25, -0.2) is 0 Å². The summed E-state index contributed by atoms with van der Waals surface area (Å²) in [5.74, 6) is -0.982. The number of carboxylic acids is 1. The number of nitrogens with one attached hydrogen (secondary N) is 1. The van der Waals surface area contributed by atoms with Gasteiger partial charge in [-0.05, 0) is 24.8 Å². The number of ether oxygens (including phenoxy) is 1. The summed E-state index contributed by atoms with van der Waals surface area (Å²) in [5.41, 5.74) is 0.538. The molecule has 0 aromatic carbocycles. The number of nitrogens with zero attached hydrogens (tertiary/aromatic N) is 2. The summed E-state index contributed by atoms with van der Waals surface area (Å²) in [5, 5.41) is 16.4. The van der Waals surface area contributed by atoms with Crippen molar-refractivity contribution < 1.29 is 19.4 Å². The van der Waals surface area contributed by atoms with Gasteiger partial charge in [0.2, 0.25) is 0 Å². The first-order valence-electron chi connectivity index (χ1n) is 7.49. The molecule has 1 aromatic rings. The van der Waals surface area contributed by atoms with E-state index in [1.54, 1.807) is 17.8 Å². The second-order valence-corrected chi connectivity index (χ2v) is 6.15. The first-order valence-corrected chi connectivity index (χ1v) is 7.49. The van der Waals surface area contributed by atoms with E-state index in [0.29, 0.717) is 31.7 Å². The standard InChI is InChI=1S/C15H23N3O4/c1-10(2)11-8-12(18(3)17-11)14(21)16-15(9-13(19)20)4-6-22-7-5-15/h8,10H,4-7,9H2,1-3H3,(H,16,21)(H,19,20). The summed E-state index contributed by atoms with van der Waals surface area (Å²) in [6.07, 6.45) is 0.900. The fourth-order valence-corrected chi connectivity index (χ4v) is 2.69. The Balaban J connectivity index is 2.19. The highest BCUT2D eigenvalue weighted by molar-refractivity contribution is 5.93. The smallest absolute Gasteiger partial charge is 0.305 e. The van der Waals surface area contributed by atoms with Gasteiger partial charge in [0, 0.05) is 20.3 Å². The van der Waals surface area contributed by atoms with E-state index in [1.165, 1.54) is 0 Å². The Morgan fingerprint density at radius 3 is 2.59 bits per heavy atom. The largest absolute Gasteiger partial charge is 0.481 e. The number of aromatic nitrogens is 2. The number of rotatable bonds is 5. The zero-order chi connectivity index (χ0) is 16.3. The summed E-state index contributed by atoms with van der Waals surface area (Å²) < 4.78 is 6.83. The monoisotopic (exact) mass is 309 g/mol. The summed E-state index contributed by atoms with van der Waals surface area (Å²) in [4.78, 5) is 23.7. The molecule has 0 bridgehead atoms. The van der Waals surface area contributed by atoms with E-state index < -0.39 is 11.5 Å². The van der Waals surface area contributed by atoms with Crippen LogP contribution in [0.4, 0.5) is 0 Å². The summed E-state index contributed by atoms with van der Waals surface area (Å²) in [7, 11) is 1.72. The number of aryl methyl sites for hydroxylation is 1. The van der Waals surface area contributed by atoms with Gasteiger partial charge < -0.3 is 15.2 Å². The van der Waals surface area contributed by atoms with Crippen LogP contribution in [0.2, 0.25) is 0 Å². The lowest BCUT2D eigenvalue weighted by molar-refractivity contribution is -0.139. The Bertz CT molecular complexity index is 559. The minimum atomic E-state index is -0.921. The highest BCUT2D eigenvalue weighted by Gasteiger charge is 2.37. The number of carbonyl (C=O) groups is 2. The van der Waals surface area contributed by atoms with Crippen molar-refractivity contribution in [1.82, 2.24) is 15.1 Å². The molecule has 0 aliphatic carbocycles. The highest BCUT2D eigenvalue weighted by Crippen LogP contribution is 2.25. The van der Waals surface area contributed by atoms with E-state index >= 15 is 0 Å². The van der Waals surface area contributed by atoms with Gasteiger partial charge in [-0.1, -0.05) is 13.8 Å². The van der Waals surface area contributed by atoms with E-state index in [2.05, 4.69) is 10.4 Å². The molecular formula is C15H23N3O4. The molecule has 1 saturated heterocycles. The maximum atomic E-state index is 12.6. The van der Waals surface area contributed by atoms with Crippen molar-refractivity contribution in [1.29, 1.82) is 0 Å². The van der Waals surface area contributed by atoms with Crippen molar-refractivity contribution in [2.45, 2.75) is 44.6 Å². The van der Waals surface area contributed by atoms with Crippen molar-refractivity contribution in [2.75, 3.05) is 13.2 Å². The third-order valence-electron chi connectivity index (χ3n) is 4.04. The molecule has 0 atom stereocenters. The van der Waals surface area contributed by atoms with Gasteiger partial charge in [0.05, 0.1) is 17.7 Å². The summed E-state index contributed by atoms with van der Waals surface area (Å²) in [6.45, 7) is 4.93. The first-order chi connectivity index (χ1) is 10.3. The molecule has 1 aliphatic rings. The minimum Gasteiger partial charge on any atom is -0.481 e. The van der Waals surface area contributed by atoms with Crippen LogP contribution in [0.15, 0.2) is 6.07 Å². The average molecular weight is 309 g/mol. The van der Waals surface area contributed by atoms with Crippen LogP contribution < -0.4 is 5.32 Å². The molecule has 0 radical (unpaired) electrons. The van der Waals surface area contributed by atoms with Gasteiger partial charge in [-0.3, -0.25) is 14.3 Å².